The average molecular weight is 492 g/mol. The summed E-state index contributed by atoms with van der Waals surface area (Å²) < 4.78 is 47.5. The second kappa shape index (κ2) is 9.54. The lowest BCUT2D eigenvalue weighted by atomic mass is 9.86. The molecule has 5 nitrogen and oxygen atoms in total. The molecule has 9 heteroatoms. The number of hydrogen-bond donors (Lipinski definition) is 1. The van der Waals surface area contributed by atoms with Crippen LogP contribution < -0.4 is 9.64 Å². The topological polar surface area (TPSA) is 58.5 Å². The molecule has 1 aromatic carbocycles. The molecular weight excluding hydrogens is 463 g/mol. The molecule has 1 N–H and O–H groups in total. The monoisotopic (exact) mass is 491 g/mol. The van der Waals surface area contributed by atoms with Gasteiger partial charge in [0.15, 0.2) is 5.69 Å². The molecular formula is C25H28F3N3O2S. The van der Waals surface area contributed by atoms with Gasteiger partial charge in [-0.1, -0.05) is 45.0 Å². The van der Waals surface area contributed by atoms with Gasteiger partial charge in [-0.05, 0) is 30.4 Å². The van der Waals surface area contributed by atoms with E-state index in [-0.39, 0.29) is 16.8 Å². The van der Waals surface area contributed by atoms with Crippen molar-refractivity contribution in [3.63, 3.8) is 0 Å². The predicted molar refractivity (Wildman–Crippen MR) is 127 cm³/mol. The van der Waals surface area contributed by atoms with E-state index in [9.17, 15) is 18.3 Å². The lowest BCUT2D eigenvalue weighted by Gasteiger charge is -2.30. The quantitative estimate of drug-likeness (QED) is 0.461. The highest BCUT2D eigenvalue weighted by molar-refractivity contribution is 7.16. The minimum absolute atomic E-state index is 0.110. The highest BCUT2D eigenvalue weighted by Crippen LogP contribution is 2.42. The number of ether oxygens (including phenoxy) is 1. The number of rotatable bonds is 5. The van der Waals surface area contributed by atoms with Crippen molar-refractivity contribution < 1.29 is 23.0 Å². The van der Waals surface area contributed by atoms with Crippen LogP contribution in [-0.4, -0.2) is 34.3 Å². The van der Waals surface area contributed by atoms with Crippen molar-refractivity contribution in [1.82, 2.24) is 9.97 Å². The lowest BCUT2D eigenvalue weighted by molar-refractivity contribution is -0.140. The number of para-hydroxylation sites is 1. The first-order chi connectivity index (χ1) is 16.0. The molecule has 4 rings (SSSR count). The molecule has 0 unspecified atom stereocenters. The summed E-state index contributed by atoms with van der Waals surface area (Å²) in [6.45, 7) is 7.01. The maximum Gasteiger partial charge on any atom is 0.436 e. The van der Waals surface area contributed by atoms with Crippen molar-refractivity contribution in [2.75, 3.05) is 18.0 Å². The molecule has 3 heterocycles. The zero-order valence-electron chi connectivity index (χ0n) is 19.4. The highest BCUT2D eigenvalue weighted by Gasteiger charge is 2.40. The molecule has 0 atom stereocenters. The lowest BCUT2D eigenvalue weighted by Crippen LogP contribution is -2.36. The number of piperidine rings is 1. The second-order valence-corrected chi connectivity index (χ2v) is 10.5. The Morgan fingerprint density at radius 2 is 1.79 bits per heavy atom. The molecule has 0 radical (unpaired) electrons. The van der Waals surface area contributed by atoms with E-state index in [1.165, 1.54) is 0 Å². The molecule has 3 aromatic rings. The Morgan fingerprint density at radius 3 is 2.47 bits per heavy atom. The zero-order chi connectivity index (χ0) is 24.5. The summed E-state index contributed by atoms with van der Waals surface area (Å²) in [6, 6.07) is 11.2. The Labute approximate surface area is 201 Å². The zero-order valence-corrected chi connectivity index (χ0v) is 20.2. The van der Waals surface area contributed by atoms with Crippen LogP contribution in [0.15, 0.2) is 42.6 Å². The van der Waals surface area contributed by atoms with E-state index in [4.69, 9.17) is 4.74 Å². The van der Waals surface area contributed by atoms with Crippen molar-refractivity contribution in [3.8, 4) is 11.6 Å². The van der Waals surface area contributed by atoms with Crippen LogP contribution in [0.1, 0.15) is 55.4 Å². The second-order valence-electron chi connectivity index (χ2n) is 9.47. The van der Waals surface area contributed by atoms with Crippen LogP contribution in [0.3, 0.4) is 0 Å². The number of pyridine rings is 1. The molecule has 0 spiro atoms. The van der Waals surface area contributed by atoms with E-state index < -0.39 is 18.0 Å². The Kier molecular flexibility index (Phi) is 6.87. The van der Waals surface area contributed by atoms with Gasteiger partial charge in [0.2, 0.25) is 5.88 Å². The Morgan fingerprint density at radius 1 is 1.09 bits per heavy atom. The van der Waals surface area contributed by atoms with E-state index in [0.717, 1.165) is 16.9 Å². The van der Waals surface area contributed by atoms with Gasteiger partial charge in [0.25, 0.3) is 0 Å². The first kappa shape index (κ1) is 24.5. The molecule has 0 saturated carbocycles. The van der Waals surface area contributed by atoms with Crippen LogP contribution in [0.5, 0.6) is 11.6 Å². The predicted octanol–water partition coefficient (Wildman–Crippen LogP) is 6.20. The number of aliphatic hydroxyl groups is 1. The van der Waals surface area contributed by atoms with Crippen LogP contribution in [0.4, 0.5) is 18.2 Å². The molecule has 1 aliphatic heterocycles. The van der Waals surface area contributed by atoms with Crippen LogP contribution in [0.25, 0.3) is 0 Å². The molecule has 0 bridgehead atoms. The first-order valence-electron chi connectivity index (χ1n) is 11.2. The van der Waals surface area contributed by atoms with Crippen molar-refractivity contribution in [2.45, 2.75) is 57.7 Å². The van der Waals surface area contributed by atoms with E-state index in [2.05, 4.69) is 30.7 Å². The maximum atomic E-state index is 13.8. The average Bonchev–Trinajstić information content (AvgIpc) is 3.20. The third-order valence-corrected chi connectivity index (χ3v) is 6.88. The molecule has 182 valence electrons. The number of aliphatic hydroxyl groups excluding tert-OH is 1. The van der Waals surface area contributed by atoms with Crippen molar-refractivity contribution in [3.05, 3.63) is 64.4 Å². The van der Waals surface area contributed by atoms with Crippen molar-refractivity contribution in [2.24, 2.45) is 0 Å². The van der Waals surface area contributed by atoms with E-state index >= 15 is 0 Å². The number of alkyl halides is 3. The van der Waals surface area contributed by atoms with Gasteiger partial charge in [0.05, 0.1) is 11.1 Å². The van der Waals surface area contributed by atoms with Gasteiger partial charge < -0.3 is 14.7 Å². The van der Waals surface area contributed by atoms with Gasteiger partial charge in [-0.25, -0.2) is 9.97 Å². The van der Waals surface area contributed by atoms with Gasteiger partial charge >= 0.3 is 6.18 Å². The minimum atomic E-state index is -4.56. The fourth-order valence-corrected chi connectivity index (χ4v) is 5.15. The molecule has 1 fully saturated rings. The summed E-state index contributed by atoms with van der Waals surface area (Å²) in [5, 5.41) is 10.2. The van der Waals surface area contributed by atoms with Gasteiger partial charge in [-0.15, -0.1) is 11.3 Å². The smallest absolute Gasteiger partial charge is 0.436 e. The normalized spacial score (nSPS) is 15.6. The van der Waals surface area contributed by atoms with Crippen LogP contribution in [0, 0.1) is 0 Å². The van der Waals surface area contributed by atoms with E-state index in [1.807, 2.05) is 24.3 Å². The Hall–Kier alpha value is -2.65. The summed E-state index contributed by atoms with van der Waals surface area (Å²) in [5.41, 5.74) is 0.650. The molecule has 0 amide bonds. The largest absolute Gasteiger partial charge is 0.438 e. The summed E-state index contributed by atoms with van der Waals surface area (Å²) >= 11 is 1.04. The number of benzene rings is 1. The summed E-state index contributed by atoms with van der Waals surface area (Å²) in [6.07, 6.45) is -2.36. The van der Waals surface area contributed by atoms with Crippen molar-refractivity contribution >= 4 is 16.3 Å². The Balaban J connectivity index is 1.64. The summed E-state index contributed by atoms with van der Waals surface area (Å²) in [7, 11) is 0. The number of halogens is 3. The van der Waals surface area contributed by atoms with Crippen molar-refractivity contribution in [1.29, 1.82) is 0 Å². The third-order valence-electron chi connectivity index (χ3n) is 5.77. The standard InChI is InChI=1S/C25H28F3N3O2S/c1-24(2,3)18-8-4-5-9-19(18)33-22-16(7-6-12-29-22)15-20-30-21(25(26,27)28)23(34-20)31-13-10-17(32)11-14-31/h4-9,12,17,32H,10-11,13-15H2,1-3H3. The number of anilines is 1. The number of thiazole rings is 1. The molecule has 1 saturated heterocycles. The summed E-state index contributed by atoms with van der Waals surface area (Å²) in [5.74, 6) is 1.02. The van der Waals surface area contributed by atoms with Crippen LogP contribution >= 0.6 is 11.3 Å². The molecule has 1 aliphatic rings. The summed E-state index contributed by atoms with van der Waals surface area (Å²) in [4.78, 5) is 10.0. The first-order valence-corrected chi connectivity index (χ1v) is 12.0. The fourth-order valence-electron chi connectivity index (χ4n) is 3.99. The number of nitrogens with zero attached hydrogens (tertiary/aromatic N) is 3. The molecule has 0 aliphatic carbocycles. The van der Waals surface area contributed by atoms with E-state index in [0.29, 0.717) is 48.1 Å². The molecule has 34 heavy (non-hydrogen) atoms. The third kappa shape index (κ3) is 5.52. The van der Waals surface area contributed by atoms with Crippen LogP contribution in [0.2, 0.25) is 0 Å². The highest BCUT2D eigenvalue weighted by atomic mass is 32.1. The molecule has 2 aromatic heterocycles. The Bertz CT molecular complexity index is 1130. The van der Waals surface area contributed by atoms with Crippen LogP contribution in [-0.2, 0) is 18.0 Å². The number of hydrogen-bond acceptors (Lipinski definition) is 6. The van der Waals surface area contributed by atoms with Gasteiger partial charge in [0, 0.05) is 36.8 Å². The van der Waals surface area contributed by atoms with Gasteiger partial charge in [0.1, 0.15) is 10.8 Å². The number of aromatic nitrogens is 2. The van der Waals surface area contributed by atoms with E-state index in [1.54, 1.807) is 23.2 Å². The van der Waals surface area contributed by atoms with Gasteiger partial charge in [-0.3, -0.25) is 0 Å². The fraction of sp³-hybridized carbons (Fsp3) is 0.440. The SMILES string of the molecule is CC(C)(C)c1ccccc1Oc1ncccc1Cc1nc(C(F)(F)F)c(N2CCC(O)CC2)s1. The minimum Gasteiger partial charge on any atom is -0.438 e. The van der Waals surface area contributed by atoms with Gasteiger partial charge in [-0.2, -0.15) is 13.2 Å². The maximum absolute atomic E-state index is 13.8.